The Hall–Kier alpha value is -2.46. The van der Waals surface area contributed by atoms with Gasteiger partial charge in [0.2, 0.25) is 5.91 Å². The Morgan fingerprint density at radius 2 is 1.84 bits per heavy atom. The van der Waals surface area contributed by atoms with Gasteiger partial charge in [-0.25, -0.2) is 9.59 Å². The number of anilines is 1. The van der Waals surface area contributed by atoms with Crippen LogP contribution in [-0.4, -0.2) is 51.3 Å². The summed E-state index contributed by atoms with van der Waals surface area (Å²) < 4.78 is 15.1. The summed E-state index contributed by atoms with van der Waals surface area (Å²) in [4.78, 5) is 37.7. The van der Waals surface area contributed by atoms with Crippen molar-refractivity contribution >= 4 is 45.8 Å². The van der Waals surface area contributed by atoms with Crippen molar-refractivity contribution in [3.63, 3.8) is 0 Å². The SMILES string of the molecule is CCOC(=O)c1c(NC(=O)CNC(C)c2ccccc2Cl)sc(C(=O)OCCOC)c1C. The molecule has 0 saturated heterocycles. The Bertz CT molecular complexity index is 962. The van der Waals surface area contributed by atoms with Crippen molar-refractivity contribution in [1.82, 2.24) is 5.32 Å². The first-order valence-corrected chi connectivity index (χ1v) is 11.2. The van der Waals surface area contributed by atoms with Gasteiger partial charge in [-0.15, -0.1) is 11.3 Å². The summed E-state index contributed by atoms with van der Waals surface area (Å²) in [6.45, 7) is 5.64. The summed E-state index contributed by atoms with van der Waals surface area (Å²) >= 11 is 7.17. The van der Waals surface area contributed by atoms with Gasteiger partial charge in [-0.1, -0.05) is 29.8 Å². The van der Waals surface area contributed by atoms with E-state index in [1.807, 2.05) is 25.1 Å². The first-order valence-electron chi connectivity index (χ1n) is 10.0. The lowest BCUT2D eigenvalue weighted by molar-refractivity contribution is -0.115. The number of amides is 1. The van der Waals surface area contributed by atoms with Gasteiger partial charge in [-0.3, -0.25) is 4.79 Å². The molecule has 1 heterocycles. The van der Waals surface area contributed by atoms with Crippen molar-refractivity contribution in [2.45, 2.75) is 26.8 Å². The Morgan fingerprint density at radius 3 is 2.50 bits per heavy atom. The Labute approximate surface area is 196 Å². The van der Waals surface area contributed by atoms with E-state index in [1.165, 1.54) is 7.11 Å². The molecule has 0 fully saturated rings. The molecular weight excluding hydrogens is 456 g/mol. The van der Waals surface area contributed by atoms with E-state index in [0.29, 0.717) is 10.6 Å². The Kier molecular flexibility index (Phi) is 10.1. The highest BCUT2D eigenvalue weighted by Crippen LogP contribution is 2.34. The van der Waals surface area contributed by atoms with Crippen LogP contribution in [0.3, 0.4) is 0 Å². The van der Waals surface area contributed by atoms with Crippen LogP contribution in [0.15, 0.2) is 24.3 Å². The van der Waals surface area contributed by atoms with Gasteiger partial charge in [0.15, 0.2) is 0 Å². The molecule has 1 atom stereocenters. The summed E-state index contributed by atoms with van der Waals surface area (Å²) in [5.74, 6) is -1.60. The highest BCUT2D eigenvalue weighted by Gasteiger charge is 2.27. The number of esters is 2. The number of carbonyl (C=O) groups excluding carboxylic acids is 3. The van der Waals surface area contributed by atoms with Gasteiger partial charge >= 0.3 is 11.9 Å². The molecule has 0 saturated carbocycles. The van der Waals surface area contributed by atoms with E-state index >= 15 is 0 Å². The molecule has 2 N–H and O–H groups in total. The van der Waals surface area contributed by atoms with Crippen LogP contribution in [0.4, 0.5) is 5.00 Å². The van der Waals surface area contributed by atoms with E-state index in [1.54, 1.807) is 19.9 Å². The zero-order chi connectivity index (χ0) is 23.7. The average molecular weight is 483 g/mol. The summed E-state index contributed by atoms with van der Waals surface area (Å²) in [7, 11) is 1.50. The molecule has 2 aromatic rings. The van der Waals surface area contributed by atoms with Crippen LogP contribution in [0.5, 0.6) is 0 Å². The minimum atomic E-state index is -0.620. The van der Waals surface area contributed by atoms with Crippen LogP contribution in [0.25, 0.3) is 0 Å². The highest BCUT2D eigenvalue weighted by molar-refractivity contribution is 7.18. The molecule has 0 aliphatic carbocycles. The molecule has 0 aliphatic rings. The Morgan fingerprint density at radius 1 is 1.12 bits per heavy atom. The van der Waals surface area contributed by atoms with E-state index < -0.39 is 11.9 Å². The van der Waals surface area contributed by atoms with Crippen LogP contribution in [-0.2, 0) is 19.0 Å². The van der Waals surface area contributed by atoms with Crippen LogP contribution in [0.2, 0.25) is 5.02 Å². The number of carbonyl (C=O) groups is 3. The second-order valence-corrected chi connectivity index (χ2v) is 8.21. The van der Waals surface area contributed by atoms with Crippen molar-refractivity contribution in [3.05, 3.63) is 50.9 Å². The number of hydrogen-bond donors (Lipinski definition) is 2. The number of hydrogen-bond acceptors (Lipinski definition) is 8. The van der Waals surface area contributed by atoms with Crippen molar-refractivity contribution < 1.29 is 28.6 Å². The molecule has 2 rings (SSSR count). The first kappa shape index (κ1) is 25.8. The maximum absolute atomic E-state index is 12.6. The third-order valence-corrected chi connectivity index (χ3v) is 6.06. The van der Waals surface area contributed by atoms with Gasteiger partial charge in [0.1, 0.15) is 16.5 Å². The van der Waals surface area contributed by atoms with Crippen LogP contribution < -0.4 is 10.6 Å². The number of nitrogens with one attached hydrogen (secondary N) is 2. The zero-order valence-corrected chi connectivity index (χ0v) is 20.0. The maximum Gasteiger partial charge on any atom is 0.348 e. The van der Waals surface area contributed by atoms with Crippen molar-refractivity contribution in [3.8, 4) is 0 Å². The fourth-order valence-electron chi connectivity index (χ4n) is 2.88. The molecule has 0 radical (unpaired) electrons. The van der Waals surface area contributed by atoms with E-state index in [0.717, 1.165) is 16.9 Å². The second-order valence-electron chi connectivity index (χ2n) is 6.78. The number of ether oxygens (including phenoxy) is 3. The molecule has 32 heavy (non-hydrogen) atoms. The number of halogens is 1. The molecule has 0 spiro atoms. The topological polar surface area (TPSA) is 103 Å². The molecule has 0 aliphatic heterocycles. The van der Waals surface area contributed by atoms with Gasteiger partial charge in [0.25, 0.3) is 0 Å². The number of benzene rings is 1. The number of methoxy groups -OCH3 is 1. The Balaban J connectivity index is 2.14. The van der Waals surface area contributed by atoms with Crippen molar-refractivity contribution in [2.24, 2.45) is 0 Å². The molecule has 1 unspecified atom stereocenters. The lowest BCUT2D eigenvalue weighted by Crippen LogP contribution is -2.30. The third kappa shape index (κ3) is 6.77. The molecular formula is C22H27ClN2O6S. The molecule has 10 heteroatoms. The molecule has 1 aromatic carbocycles. The zero-order valence-electron chi connectivity index (χ0n) is 18.5. The minimum Gasteiger partial charge on any atom is -0.462 e. The van der Waals surface area contributed by atoms with Gasteiger partial charge < -0.3 is 24.8 Å². The lowest BCUT2D eigenvalue weighted by atomic mass is 10.1. The standard InChI is InChI=1S/C22H27ClN2O6S/c1-5-30-21(27)18-13(2)19(22(28)31-11-10-29-4)32-20(18)25-17(26)12-24-14(3)15-8-6-7-9-16(15)23/h6-9,14,24H,5,10-12H2,1-4H3,(H,25,26). The maximum atomic E-state index is 12.6. The summed E-state index contributed by atoms with van der Waals surface area (Å²) in [5.41, 5.74) is 1.40. The lowest BCUT2D eigenvalue weighted by Gasteiger charge is -2.15. The number of rotatable bonds is 11. The largest absolute Gasteiger partial charge is 0.462 e. The van der Waals surface area contributed by atoms with Gasteiger partial charge in [0, 0.05) is 18.2 Å². The number of thiophene rings is 1. The minimum absolute atomic E-state index is 0.0286. The van der Waals surface area contributed by atoms with Gasteiger partial charge in [-0.2, -0.15) is 0 Å². The fraction of sp³-hybridized carbons (Fsp3) is 0.409. The fourth-order valence-corrected chi connectivity index (χ4v) is 4.29. The van der Waals surface area contributed by atoms with Crippen molar-refractivity contribution in [1.29, 1.82) is 0 Å². The predicted octanol–water partition coefficient (Wildman–Crippen LogP) is 3.98. The van der Waals surface area contributed by atoms with Gasteiger partial charge in [0.05, 0.1) is 25.3 Å². The molecule has 0 bridgehead atoms. The van der Waals surface area contributed by atoms with E-state index in [2.05, 4.69) is 10.6 Å². The molecule has 174 valence electrons. The molecule has 8 nitrogen and oxygen atoms in total. The average Bonchev–Trinajstić information content (AvgIpc) is 3.08. The summed E-state index contributed by atoms with van der Waals surface area (Å²) in [6.07, 6.45) is 0. The normalized spacial score (nSPS) is 11.7. The predicted molar refractivity (Wildman–Crippen MR) is 124 cm³/mol. The molecule has 1 aromatic heterocycles. The van der Waals surface area contributed by atoms with E-state index in [-0.39, 0.29) is 53.8 Å². The highest BCUT2D eigenvalue weighted by atomic mass is 35.5. The second kappa shape index (κ2) is 12.5. The monoisotopic (exact) mass is 482 g/mol. The third-order valence-electron chi connectivity index (χ3n) is 4.53. The van der Waals surface area contributed by atoms with E-state index in [4.69, 9.17) is 25.8 Å². The van der Waals surface area contributed by atoms with Crippen molar-refractivity contribution in [2.75, 3.05) is 38.8 Å². The smallest absolute Gasteiger partial charge is 0.348 e. The molecule has 1 amide bonds. The van der Waals surface area contributed by atoms with Crippen LogP contribution in [0.1, 0.15) is 51.0 Å². The first-order chi connectivity index (χ1) is 15.3. The van der Waals surface area contributed by atoms with Crippen LogP contribution in [0, 0.1) is 6.92 Å². The quantitative estimate of drug-likeness (QED) is 0.369. The van der Waals surface area contributed by atoms with Crippen LogP contribution >= 0.6 is 22.9 Å². The van der Waals surface area contributed by atoms with Gasteiger partial charge in [-0.05, 0) is 38.0 Å². The summed E-state index contributed by atoms with van der Waals surface area (Å²) in [6, 6.07) is 7.19. The van der Waals surface area contributed by atoms with E-state index in [9.17, 15) is 14.4 Å². The summed E-state index contributed by atoms with van der Waals surface area (Å²) in [5, 5.41) is 6.64.